The zero-order valence-electron chi connectivity index (χ0n) is 14.8. The summed E-state index contributed by atoms with van der Waals surface area (Å²) in [4.78, 5) is 14.6. The smallest absolute Gasteiger partial charge is 0.317 e. The zero-order chi connectivity index (χ0) is 18.1. The molecule has 26 heavy (non-hydrogen) atoms. The van der Waals surface area contributed by atoms with Gasteiger partial charge in [-0.25, -0.2) is 13.2 Å². The van der Waals surface area contributed by atoms with Gasteiger partial charge in [-0.1, -0.05) is 30.3 Å². The Morgan fingerprint density at radius 2 is 2.00 bits per heavy atom. The molecule has 3 saturated heterocycles. The molecule has 0 bridgehead atoms. The maximum Gasteiger partial charge on any atom is 0.317 e. The number of nitrogens with zero attached hydrogens (tertiary/aromatic N) is 1. The second kappa shape index (κ2) is 7.19. The summed E-state index contributed by atoms with van der Waals surface area (Å²) in [6.07, 6.45) is 3.68. The molecule has 3 aliphatic heterocycles. The van der Waals surface area contributed by atoms with Crippen molar-refractivity contribution in [3.63, 3.8) is 0 Å². The molecular formula is C19H26N2O4S. The highest BCUT2D eigenvalue weighted by Gasteiger charge is 2.43. The molecule has 0 spiro atoms. The molecule has 3 fully saturated rings. The summed E-state index contributed by atoms with van der Waals surface area (Å²) >= 11 is 0. The van der Waals surface area contributed by atoms with Gasteiger partial charge in [0.05, 0.1) is 29.8 Å². The van der Waals surface area contributed by atoms with Gasteiger partial charge in [0, 0.05) is 19.5 Å². The Hall–Kier alpha value is -1.60. The summed E-state index contributed by atoms with van der Waals surface area (Å²) in [7, 11) is -2.79. The summed E-state index contributed by atoms with van der Waals surface area (Å²) in [5.74, 6) is 0.736. The number of hydrogen-bond acceptors (Lipinski definition) is 4. The number of carbonyl (C=O) groups is 1. The fraction of sp³-hybridized carbons (Fsp3) is 0.632. The third-order valence-corrected chi connectivity index (χ3v) is 7.71. The van der Waals surface area contributed by atoms with Crippen LogP contribution < -0.4 is 5.32 Å². The van der Waals surface area contributed by atoms with Gasteiger partial charge in [0.1, 0.15) is 0 Å². The van der Waals surface area contributed by atoms with Gasteiger partial charge in [0.15, 0.2) is 9.84 Å². The lowest BCUT2D eigenvalue weighted by molar-refractivity contribution is 0.00554. The van der Waals surface area contributed by atoms with Crippen LogP contribution in [0.3, 0.4) is 0 Å². The van der Waals surface area contributed by atoms with Crippen molar-refractivity contribution < 1.29 is 17.9 Å². The van der Waals surface area contributed by atoms with Crippen LogP contribution in [-0.4, -0.2) is 56.1 Å². The highest BCUT2D eigenvalue weighted by atomic mass is 32.2. The number of piperidine rings is 1. The highest BCUT2D eigenvalue weighted by molar-refractivity contribution is 7.92. The van der Waals surface area contributed by atoms with Crippen LogP contribution in [0.5, 0.6) is 0 Å². The topological polar surface area (TPSA) is 75.7 Å². The van der Waals surface area contributed by atoms with Gasteiger partial charge in [-0.05, 0) is 30.7 Å². The van der Waals surface area contributed by atoms with Gasteiger partial charge in [-0.3, -0.25) is 0 Å². The number of benzene rings is 1. The molecule has 3 heterocycles. The average Bonchev–Trinajstić information content (AvgIpc) is 3.05. The van der Waals surface area contributed by atoms with E-state index < -0.39 is 9.84 Å². The Bertz CT molecular complexity index is 740. The number of carbonyl (C=O) groups excluding carboxylic acids is 1. The summed E-state index contributed by atoms with van der Waals surface area (Å²) in [5, 5.41) is 2.98. The lowest BCUT2D eigenvalue weighted by atomic mass is 9.96. The molecule has 142 valence electrons. The van der Waals surface area contributed by atoms with Crippen LogP contribution in [0.1, 0.15) is 37.4 Å². The second-order valence-corrected chi connectivity index (χ2v) is 9.83. The molecule has 0 aliphatic carbocycles. The van der Waals surface area contributed by atoms with Crippen molar-refractivity contribution in [2.75, 3.05) is 24.6 Å². The van der Waals surface area contributed by atoms with Crippen LogP contribution in [-0.2, 0) is 14.6 Å². The van der Waals surface area contributed by atoms with Crippen LogP contribution in [0.4, 0.5) is 4.79 Å². The summed E-state index contributed by atoms with van der Waals surface area (Å²) < 4.78 is 28.6. The van der Waals surface area contributed by atoms with E-state index in [2.05, 4.69) is 17.4 Å². The van der Waals surface area contributed by atoms with Crippen molar-refractivity contribution >= 4 is 15.9 Å². The Kier molecular flexibility index (Phi) is 4.92. The van der Waals surface area contributed by atoms with Gasteiger partial charge >= 0.3 is 6.03 Å². The minimum absolute atomic E-state index is 0.0424. The lowest BCUT2D eigenvalue weighted by Gasteiger charge is -2.36. The van der Waals surface area contributed by atoms with Gasteiger partial charge in [-0.15, -0.1) is 0 Å². The van der Waals surface area contributed by atoms with Crippen molar-refractivity contribution in [1.29, 1.82) is 0 Å². The van der Waals surface area contributed by atoms with Crippen LogP contribution in [0.15, 0.2) is 30.3 Å². The molecule has 7 heteroatoms. The van der Waals surface area contributed by atoms with E-state index in [1.165, 1.54) is 5.56 Å². The van der Waals surface area contributed by atoms with E-state index in [0.717, 1.165) is 32.2 Å². The Labute approximate surface area is 154 Å². The molecule has 1 N–H and O–H groups in total. The number of sulfone groups is 1. The van der Waals surface area contributed by atoms with Crippen molar-refractivity contribution in [2.24, 2.45) is 5.92 Å². The molecule has 0 radical (unpaired) electrons. The third-order valence-electron chi connectivity index (χ3n) is 5.75. The normalized spacial score (nSPS) is 30.5. The first-order valence-electron chi connectivity index (χ1n) is 9.47. The zero-order valence-corrected chi connectivity index (χ0v) is 15.7. The maximum absolute atomic E-state index is 12.6. The number of hydrogen-bond donors (Lipinski definition) is 1. The average molecular weight is 378 g/mol. The van der Waals surface area contributed by atoms with E-state index in [1.54, 1.807) is 0 Å². The first kappa shape index (κ1) is 17.8. The molecule has 1 aromatic carbocycles. The second-order valence-electron chi connectivity index (χ2n) is 7.68. The van der Waals surface area contributed by atoms with E-state index >= 15 is 0 Å². The van der Waals surface area contributed by atoms with Gasteiger partial charge < -0.3 is 15.0 Å². The SMILES string of the molecule is O=C(NCCC1CS(=O)(=O)C1)N1CCC[C@@H]2O[C@H](c3ccccc3)C[C@@H]21. The standard InChI is InChI=1S/C19H26N2O4S/c22-19(20-9-8-14-12-26(23,24)13-14)21-10-4-7-17-16(21)11-18(25-17)15-5-2-1-3-6-15/h1-3,5-6,14,16-18H,4,7-13H2,(H,20,22)/t16-,17-,18-/m0/s1. The predicted molar refractivity (Wildman–Crippen MR) is 98.6 cm³/mol. The number of amides is 2. The number of rotatable bonds is 4. The van der Waals surface area contributed by atoms with E-state index in [1.807, 2.05) is 23.1 Å². The van der Waals surface area contributed by atoms with Gasteiger partial charge in [-0.2, -0.15) is 0 Å². The van der Waals surface area contributed by atoms with Gasteiger partial charge in [0.25, 0.3) is 0 Å². The van der Waals surface area contributed by atoms with E-state index in [0.29, 0.717) is 6.54 Å². The van der Waals surface area contributed by atoms with Crippen LogP contribution in [0, 0.1) is 5.92 Å². The predicted octanol–water partition coefficient (Wildman–Crippen LogP) is 2.13. The number of likely N-dealkylation sites (tertiary alicyclic amines) is 1. The maximum atomic E-state index is 12.6. The largest absolute Gasteiger partial charge is 0.368 e. The van der Waals surface area contributed by atoms with E-state index in [4.69, 9.17) is 4.74 Å². The van der Waals surface area contributed by atoms with Gasteiger partial charge in [0.2, 0.25) is 0 Å². The molecule has 4 rings (SSSR count). The lowest BCUT2D eigenvalue weighted by Crippen LogP contribution is -2.53. The quantitative estimate of drug-likeness (QED) is 0.871. The molecule has 0 saturated carbocycles. The summed E-state index contributed by atoms with van der Waals surface area (Å²) in [6, 6.07) is 10.3. The molecular weight excluding hydrogens is 352 g/mol. The van der Waals surface area contributed by atoms with Crippen molar-refractivity contribution in [3.05, 3.63) is 35.9 Å². The fourth-order valence-electron chi connectivity index (χ4n) is 4.40. The first-order valence-corrected chi connectivity index (χ1v) is 11.3. The summed E-state index contributed by atoms with van der Waals surface area (Å²) in [5.41, 5.74) is 1.17. The molecule has 6 nitrogen and oxygen atoms in total. The molecule has 1 aromatic rings. The van der Waals surface area contributed by atoms with Crippen molar-refractivity contribution in [2.45, 2.75) is 43.9 Å². The molecule has 0 aromatic heterocycles. The van der Waals surface area contributed by atoms with E-state index in [9.17, 15) is 13.2 Å². The third kappa shape index (κ3) is 3.74. The Balaban J connectivity index is 1.31. The van der Waals surface area contributed by atoms with Crippen molar-refractivity contribution in [3.8, 4) is 0 Å². The molecule has 2 amide bonds. The Morgan fingerprint density at radius 1 is 1.23 bits per heavy atom. The molecule has 0 unspecified atom stereocenters. The number of fused-ring (bicyclic) bond motifs is 1. The van der Waals surface area contributed by atoms with Crippen LogP contribution in [0.2, 0.25) is 0 Å². The minimum atomic E-state index is -2.79. The Morgan fingerprint density at radius 3 is 2.73 bits per heavy atom. The van der Waals surface area contributed by atoms with Crippen LogP contribution >= 0.6 is 0 Å². The van der Waals surface area contributed by atoms with E-state index in [-0.39, 0.29) is 41.7 Å². The summed E-state index contributed by atoms with van der Waals surface area (Å²) in [6.45, 7) is 1.30. The molecule has 3 atom stereocenters. The fourth-order valence-corrected chi connectivity index (χ4v) is 6.07. The monoisotopic (exact) mass is 378 g/mol. The van der Waals surface area contributed by atoms with Crippen LogP contribution in [0.25, 0.3) is 0 Å². The number of nitrogens with one attached hydrogen (secondary N) is 1. The van der Waals surface area contributed by atoms with Crippen molar-refractivity contribution in [1.82, 2.24) is 10.2 Å². The molecule has 3 aliphatic rings. The first-order chi connectivity index (χ1) is 12.5. The minimum Gasteiger partial charge on any atom is -0.368 e. The number of ether oxygens (including phenoxy) is 1. The number of urea groups is 1. The highest BCUT2D eigenvalue weighted by Crippen LogP contribution is 2.39.